The first-order valence-electron chi connectivity index (χ1n) is 9.47. The molecule has 1 N–H and O–H groups in total. The van der Waals surface area contributed by atoms with E-state index in [-0.39, 0.29) is 5.56 Å². The second-order valence-electron chi connectivity index (χ2n) is 7.21. The summed E-state index contributed by atoms with van der Waals surface area (Å²) in [7, 11) is 1.85. The maximum absolute atomic E-state index is 13.0. The van der Waals surface area contributed by atoms with Crippen LogP contribution >= 0.6 is 0 Å². The lowest BCUT2D eigenvalue weighted by Crippen LogP contribution is -2.22. The van der Waals surface area contributed by atoms with Gasteiger partial charge in [-0.15, -0.1) is 0 Å². The molecule has 6 heteroatoms. The van der Waals surface area contributed by atoms with Crippen molar-refractivity contribution >= 4 is 22.3 Å². The number of benzene rings is 2. The number of aryl methyl sites for hydroxylation is 3. The molecule has 2 aromatic heterocycles. The van der Waals surface area contributed by atoms with Crippen LogP contribution in [0.25, 0.3) is 16.6 Å². The van der Waals surface area contributed by atoms with Crippen molar-refractivity contribution in [2.45, 2.75) is 20.8 Å². The van der Waals surface area contributed by atoms with Gasteiger partial charge in [-0.2, -0.15) is 5.10 Å². The number of aromatic nitrogens is 3. The van der Waals surface area contributed by atoms with Gasteiger partial charge in [0.1, 0.15) is 0 Å². The summed E-state index contributed by atoms with van der Waals surface area (Å²) in [6.45, 7) is 5.84. The molecule has 146 valence electrons. The largest absolute Gasteiger partial charge is 0.288 e. The van der Waals surface area contributed by atoms with Crippen LogP contribution in [0.4, 0.5) is 5.69 Å². The fourth-order valence-electron chi connectivity index (χ4n) is 3.44. The summed E-state index contributed by atoms with van der Waals surface area (Å²) in [5.74, 6) is 0. The van der Waals surface area contributed by atoms with Gasteiger partial charge in [0.05, 0.1) is 28.2 Å². The van der Waals surface area contributed by atoms with E-state index in [4.69, 9.17) is 0 Å². The van der Waals surface area contributed by atoms with Crippen LogP contribution in [-0.2, 0) is 7.05 Å². The Morgan fingerprint density at radius 3 is 2.59 bits per heavy atom. The number of nitrogens with zero attached hydrogens (tertiary/aromatic N) is 4. The topological polar surface area (TPSA) is 64.2 Å². The van der Waals surface area contributed by atoms with Crippen LogP contribution in [-0.4, -0.2) is 20.1 Å². The predicted molar refractivity (Wildman–Crippen MR) is 118 cm³/mol. The van der Waals surface area contributed by atoms with Gasteiger partial charge < -0.3 is 0 Å². The van der Waals surface area contributed by atoms with Crippen LogP contribution in [0.15, 0.2) is 70.7 Å². The van der Waals surface area contributed by atoms with Crippen LogP contribution in [0.2, 0.25) is 0 Å². The Bertz CT molecular complexity index is 1280. The Labute approximate surface area is 169 Å². The molecule has 0 aliphatic heterocycles. The number of anilines is 1. The van der Waals surface area contributed by atoms with Gasteiger partial charge in [-0.25, -0.2) is 4.68 Å². The van der Waals surface area contributed by atoms with E-state index in [1.165, 1.54) is 0 Å². The quantitative estimate of drug-likeness (QED) is 0.423. The standard InChI is InChI=1S/C23H23N5O/c1-15-10-11-21-19(12-15)22(13-16(2)24-21)26-25-17(3)20-14-27(4)28(23(20)29)18-8-6-5-7-9-18/h5-14H,1-4H3,(H,24,26)/b25-17+. The third kappa shape index (κ3) is 3.57. The van der Waals surface area contributed by atoms with Crippen molar-refractivity contribution in [1.29, 1.82) is 0 Å². The van der Waals surface area contributed by atoms with Crippen molar-refractivity contribution in [1.82, 2.24) is 14.3 Å². The Morgan fingerprint density at radius 1 is 1.07 bits per heavy atom. The molecule has 0 unspecified atom stereocenters. The molecule has 0 atom stereocenters. The van der Waals surface area contributed by atoms with E-state index in [2.05, 4.69) is 21.6 Å². The van der Waals surface area contributed by atoms with Crippen molar-refractivity contribution in [2.24, 2.45) is 12.1 Å². The lowest BCUT2D eigenvalue weighted by molar-refractivity contribution is 0.646. The molecule has 29 heavy (non-hydrogen) atoms. The summed E-state index contributed by atoms with van der Waals surface area (Å²) in [6.07, 6.45) is 1.80. The molecule has 0 saturated heterocycles. The molecule has 0 radical (unpaired) electrons. The zero-order valence-electron chi connectivity index (χ0n) is 17.0. The van der Waals surface area contributed by atoms with E-state index in [1.807, 2.05) is 76.3 Å². The average Bonchev–Trinajstić information content (AvgIpc) is 3.01. The number of hydrogen-bond acceptors (Lipinski definition) is 4. The molecule has 6 nitrogen and oxygen atoms in total. The summed E-state index contributed by atoms with van der Waals surface area (Å²) in [5.41, 5.74) is 8.87. The van der Waals surface area contributed by atoms with Crippen LogP contribution in [0.5, 0.6) is 0 Å². The van der Waals surface area contributed by atoms with Crippen LogP contribution in [0.3, 0.4) is 0 Å². The van der Waals surface area contributed by atoms with E-state index >= 15 is 0 Å². The maximum Gasteiger partial charge on any atom is 0.280 e. The monoisotopic (exact) mass is 385 g/mol. The SMILES string of the molecule is C/C(=N\Nc1cc(C)nc2ccc(C)cc12)c1cn(C)n(-c2ccccc2)c1=O. The number of nitrogens with one attached hydrogen (secondary N) is 1. The van der Waals surface area contributed by atoms with Crippen LogP contribution in [0.1, 0.15) is 23.7 Å². The molecule has 0 spiro atoms. The molecule has 4 rings (SSSR count). The van der Waals surface area contributed by atoms with E-state index < -0.39 is 0 Å². The van der Waals surface area contributed by atoms with Crippen molar-refractivity contribution < 1.29 is 0 Å². The number of rotatable bonds is 4. The number of hydrazone groups is 1. The Hall–Kier alpha value is -3.67. The summed E-state index contributed by atoms with van der Waals surface area (Å²) < 4.78 is 3.41. The third-order valence-corrected chi connectivity index (χ3v) is 4.88. The van der Waals surface area contributed by atoms with Gasteiger partial charge in [0.2, 0.25) is 0 Å². The average molecular weight is 385 g/mol. The van der Waals surface area contributed by atoms with Gasteiger partial charge in [-0.1, -0.05) is 29.8 Å². The Balaban J connectivity index is 1.72. The van der Waals surface area contributed by atoms with Gasteiger partial charge in [-0.05, 0) is 51.1 Å². The highest BCUT2D eigenvalue weighted by Crippen LogP contribution is 2.24. The van der Waals surface area contributed by atoms with Crippen molar-refractivity contribution in [3.8, 4) is 5.69 Å². The van der Waals surface area contributed by atoms with Gasteiger partial charge in [0.25, 0.3) is 5.56 Å². The third-order valence-electron chi connectivity index (χ3n) is 4.88. The minimum absolute atomic E-state index is 0.103. The zero-order chi connectivity index (χ0) is 20.5. The number of hydrogen-bond donors (Lipinski definition) is 1. The normalized spacial score (nSPS) is 11.8. The van der Waals surface area contributed by atoms with E-state index in [0.717, 1.165) is 33.5 Å². The fraction of sp³-hybridized carbons (Fsp3) is 0.174. The molecule has 0 amide bonds. The molecule has 0 aliphatic carbocycles. The van der Waals surface area contributed by atoms with Gasteiger partial charge in [0.15, 0.2) is 0 Å². The smallest absolute Gasteiger partial charge is 0.280 e. The zero-order valence-corrected chi connectivity index (χ0v) is 17.0. The lowest BCUT2D eigenvalue weighted by atomic mass is 10.1. The first-order valence-corrected chi connectivity index (χ1v) is 9.47. The molecule has 0 bridgehead atoms. The molecule has 0 saturated carbocycles. The van der Waals surface area contributed by atoms with Crippen molar-refractivity contribution in [2.75, 3.05) is 5.43 Å². The predicted octanol–water partition coefficient (Wildman–Crippen LogP) is 4.18. The van der Waals surface area contributed by atoms with Crippen LogP contribution in [0, 0.1) is 13.8 Å². The molecule has 0 fully saturated rings. The second-order valence-corrected chi connectivity index (χ2v) is 7.21. The number of fused-ring (bicyclic) bond motifs is 1. The molecule has 2 heterocycles. The van der Waals surface area contributed by atoms with Crippen molar-refractivity contribution in [3.05, 3.63) is 88.0 Å². The molecule has 2 aromatic carbocycles. The lowest BCUT2D eigenvalue weighted by Gasteiger charge is -2.08. The first kappa shape index (κ1) is 18.7. The summed E-state index contributed by atoms with van der Waals surface area (Å²) in [4.78, 5) is 17.6. The van der Waals surface area contributed by atoms with Crippen molar-refractivity contribution in [3.63, 3.8) is 0 Å². The van der Waals surface area contributed by atoms with E-state index in [0.29, 0.717) is 11.3 Å². The summed E-state index contributed by atoms with van der Waals surface area (Å²) in [6, 6.07) is 17.7. The van der Waals surface area contributed by atoms with Crippen LogP contribution < -0.4 is 11.0 Å². The fourth-order valence-corrected chi connectivity index (χ4v) is 3.44. The minimum atomic E-state index is -0.103. The highest BCUT2D eigenvalue weighted by molar-refractivity contribution is 5.99. The van der Waals surface area contributed by atoms with E-state index in [1.54, 1.807) is 15.6 Å². The van der Waals surface area contributed by atoms with Gasteiger partial charge >= 0.3 is 0 Å². The highest BCUT2D eigenvalue weighted by atomic mass is 16.1. The molecular weight excluding hydrogens is 362 g/mol. The Morgan fingerprint density at radius 2 is 1.83 bits per heavy atom. The highest BCUT2D eigenvalue weighted by Gasteiger charge is 2.13. The Kier molecular flexibility index (Phi) is 4.76. The maximum atomic E-state index is 13.0. The van der Waals surface area contributed by atoms with Gasteiger partial charge in [0, 0.05) is 24.3 Å². The summed E-state index contributed by atoms with van der Waals surface area (Å²) in [5, 5.41) is 5.51. The minimum Gasteiger partial charge on any atom is -0.288 e. The van der Waals surface area contributed by atoms with E-state index in [9.17, 15) is 4.79 Å². The molecule has 0 aliphatic rings. The summed E-state index contributed by atoms with van der Waals surface area (Å²) >= 11 is 0. The molecular formula is C23H23N5O. The van der Waals surface area contributed by atoms with Gasteiger partial charge in [-0.3, -0.25) is 19.9 Å². The second kappa shape index (κ2) is 7.39. The first-order chi connectivity index (χ1) is 13.9. The number of pyridine rings is 1. The molecule has 4 aromatic rings. The number of para-hydroxylation sites is 1.